The molecule has 14 nitrogen and oxygen atoms in total. The van der Waals surface area contributed by atoms with E-state index in [1.165, 1.54) is 18.9 Å². The quantitative estimate of drug-likeness (QED) is 0.217. The van der Waals surface area contributed by atoms with Crippen LogP contribution >= 0.6 is 0 Å². The van der Waals surface area contributed by atoms with Crippen LogP contribution in [0.1, 0.15) is 49.4 Å². The number of aryl methyl sites for hydroxylation is 2. The Morgan fingerprint density at radius 1 is 1.12 bits per heavy atom. The van der Waals surface area contributed by atoms with E-state index in [0.717, 1.165) is 17.9 Å². The van der Waals surface area contributed by atoms with Crippen molar-refractivity contribution in [3.63, 3.8) is 0 Å². The van der Waals surface area contributed by atoms with Crippen LogP contribution in [0.2, 0.25) is 0 Å². The lowest BCUT2D eigenvalue weighted by atomic mass is 9.95. The molecule has 0 radical (unpaired) electrons. The highest BCUT2D eigenvalue weighted by Crippen LogP contribution is 2.46. The first-order valence-electron chi connectivity index (χ1n) is 17.6. The average molecular weight is 840 g/mol. The SMILES string of the molecule is Cc1cc2c(cnn2S(=O)(=O)C(F)(F)F)c(-n2nc(C(F)F)c3c4c(N5CCOC[C@@](C)(O)C5)nc(OC[C@@]56CCCN5C[C@H](F)C6)nc4n(C)c32)c1C(F)(F)F. The molecule has 7 heterocycles. The van der Waals surface area contributed by atoms with Crippen LogP contribution in [0.15, 0.2) is 12.3 Å². The Balaban J connectivity index is 1.42. The van der Waals surface area contributed by atoms with Gasteiger partial charge in [0.05, 0.1) is 59.0 Å². The van der Waals surface area contributed by atoms with Crippen LogP contribution in [-0.2, 0) is 28.0 Å². The molecule has 5 aromatic rings. The van der Waals surface area contributed by atoms with Crippen LogP contribution < -0.4 is 9.64 Å². The van der Waals surface area contributed by atoms with Crippen LogP contribution in [0.25, 0.3) is 38.7 Å². The highest BCUT2D eigenvalue weighted by Gasteiger charge is 2.51. The highest BCUT2D eigenvalue weighted by atomic mass is 32.2. The summed E-state index contributed by atoms with van der Waals surface area (Å²) in [6.07, 6.45) is -7.82. The summed E-state index contributed by atoms with van der Waals surface area (Å²) in [4.78, 5) is 12.6. The first-order chi connectivity index (χ1) is 26.5. The second-order valence-corrected chi connectivity index (χ2v) is 16.8. The van der Waals surface area contributed by atoms with E-state index in [1.807, 2.05) is 4.90 Å². The molecule has 4 aromatic heterocycles. The van der Waals surface area contributed by atoms with Crippen molar-refractivity contribution in [2.24, 2.45) is 7.05 Å². The maximum absolute atomic E-state index is 15.2. The average Bonchev–Trinajstić information content (AvgIpc) is 3.88. The van der Waals surface area contributed by atoms with Gasteiger partial charge in [-0.05, 0) is 44.9 Å². The predicted octanol–water partition coefficient (Wildman–Crippen LogP) is 5.16. The molecule has 3 fully saturated rings. The third kappa shape index (κ3) is 6.24. The van der Waals surface area contributed by atoms with Crippen LogP contribution in [0.4, 0.5) is 45.3 Å². The van der Waals surface area contributed by atoms with Gasteiger partial charge in [-0.2, -0.15) is 54.9 Å². The van der Waals surface area contributed by atoms with Gasteiger partial charge in [-0.1, -0.05) is 0 Å². The van der Waals surface area contributed by atoms with Crippen molar-refractivity contribution in [3.8, 4) is 11.7 Å². The Bertz CT molecular complexity index is 2530. The molecule has 0 aliphatic carbocycles. The zero-order valence-corrected chi connectivity index (χ0v) is 31.1. The van der Waals surface area contributed by atoms with Crippen molar-refractivity contribution in [2.75, 3.05) is 50.9 Å². The van der Waals surface area contributed by atoms with Gasteiger partial charge in [0, 0.05) is 31.9 Å². The summed E-state index contributed by atoms with van der Waals surface area (Å²) in [5, 5.41) is 16.9. The number of aliphatic hydroxyl groups is 1. The van der Waals surface area contributed by atoms with Gasteiger partial charge in [0.1, 0.15) is 35.5 Å². The van der Waals surface area contributed by atoms with E-state index in [-0.39, 0.29) is 68.7 Å². The molecule has 3 atom stereocenters. The Morgan fingerprint density at radius 2 is 1.86 bits per heavy atom. The maximum atomic E-state index is 15.2. The first kappa shape index (κ1) is 39.4. The van der Waals surface area contributed by atoms with Gasteiger partial charge in [0.15, 0.2) is 5.65 Å². The summed E-state index contributed by atoms with van der Waals surface area (Å²) in [7, 11) is -5.00. The summed E-state index contributed by atoms with van der Waals surface area (Å²) in [6.45, 7) is 2.91. The molecular weight excluding hydrogens is 805 g/mol. The summed E-state index contributed by atoms with van der Waals surface area (Å²) < 4.78 is 169. The number of ether oxygens (including phenoxy) is 2. The molecule has 24 heteroatoms. The Morgan fingerprint density at radius 3 is 2.54 bits per heavy atom. The van der Waals surface area contributed by atoms with Crippen molar-refractivity contribution in [2.45, 2.75) is 68.5 Å². The minimum Gasteiger partial charge on any atom is -0.461 e. The highest BCUT2D eigenvalue weighted by molar-refractivity contribution is 7.90. The topological polar surface area (TPSA) is 146 Å². The summed E-state index contributed by atoms with van der Waals surface area (Å²) >= 11 is 0. The second-order valence-electron chi connectivity index (χ2n) is 15.0. The molecule has 3 aliphatic rings. The lowest BCUT2D eigenvalue weighted by Gasteiger charge is -2.31. The fraction of sp³-hybridized carbons (Fsp3) is 0.576. The van der Waals surface area contributed by atoms with Gasteiger partial charge in [0.25, 0.3) is 6.43 Å². The van der Waals surface area contributed by atoms with Crippen molar-refractivity contribution in [3.05, 3.63) is 29.1 Å². The Kier molecular flexibility index (Phi) is 9.02. The number of fused-ring (bicyclic) bond motifs is 5. The van der Waals surface area contributed by atoms with Gasteiger partial charge in [-0.15, -0.1) is 4.09 Å². The van der Waals surface area contributed by atoms with Crippen molar-refractivity contribution in [1.29, 1.82) is 0 Å². The molecule has 0 saturated carbocycles. The number of benzene rings is 1. The van der Waals surface area contributed by atoms with Crippen LogP contribution in [0.3, 0.4) is 0 Å². The zero-order valence-electron chi connectivity index (χ0n) is 30.3. The van der Waals surface area contributed by atoms with Crippen molar-refractivity contribution >= 4 is 48.8 Å². The number of hydrogen-bond acceptors (Lipinski definition) is 11. The fourth-order valence-corrected chi connectivity index (χ4v) is 9.29. The Hall–Kier alpha value is -4.42. The van der Waals surface area contributed by atoms with E-state index in [9.17, 15) is 44.3 Å². The molecule has 57 heavy (non-hydrogen) atoms. The van der Waals surface area contributed by atoms with Gasteiger partial charge in [-0.25, -0.2) is 17.9 Å². The number of aromatic nitrogens is 7. The zero-order chi connectivity index (χ0) is 41.2. The monoisotopic (exact) mass is 839 g/mol. The van der Waals surface area contributed by atoms with Crippen LogP contribution in [0, 0.1) is 6.92 Å². The van der Waals surface area contributed by atoms with E-state index in [1.54, 1.807) is 0 Å². The van der Waals surface area contributed by atoms with Crippen molar-refractivity contribution in [1.82, 2.24) is 38.4 Å². The number of nitrogens with zero attached hydrogens (tertiary/aromatic N) is 9. The summed E-state index contributed by atoms with van der Waals surface area (Å²) in [6, 6.07) is 0.259. The number of alkyl halides is 9. The maximum Gasteiger partial charge on any atom is 0.518 e. The summed E-state index contributed by atoms with van der Waals surface area (Å²) in [5.74, 6) is -0.0853. The molecule has 0 unspecified atom stereocenters. The molecule has 1 N–H and O–H groups in total. The van der Waals surface area contributed by atoms with E-state index in [4.69, 9.17) is 9.47 Å². The Labute approximate surface area is 316 Å². The predicted molar refractivity (Wildman–Crippen MR) is 184 cm³/mol. The molecule has 8 rings (SSSR count). The molecule has 0 bridgehead atoms. The molecule has 1 aromatic carbocycles. The standard InChI is InChI=1S/C33H34F9N9O5S/c1-16-9-19-18(11-43-51(19)57(53,54)33(40,41)42)24(22(16)32(37,38)39)50-28-20(23(46-50)25(35)36)21-26(47(28)3)44-29(45-27(21)48-7-8-55-14-30(2,52)13-48)56-15-31-5-4-6-49(31)12-17(34)10-31/h9,11,17,25,52H,4-8,10,12-15H2,1-3H3/t17-,30+,31+/m1/s1. The summed E-state index contributed by atoms with van der Waals surface area (Å²) in [5.41, 5.74) is -14.1. The number of halogens is 9. The van der Waals surface area contributed by atoms with E-state index >= 15 is 8.78 Å². The number of hydrogen-bond donors (Lipinski definition) is 1. The normalized spacial score (nSPS) is 24.1. The van der Waals surface area contributed by atoms with Gasteiger partial charge >= 0.3 is 27.7 Å². The second kappa shape index (κ2) is 13.0. The van der Waals surface area contributed by atoms with E-state index < -0.39 is 94.0 Å². The molecule has 3 saturated heterocycles. The van der Waals surface area contributed by atoms with Gasteiger partial charge in [0.2, 0.25) is 0 Å². The molecule has 3 aliphatic heterocycles. The van der Waals surface area contributed by atoms with E-state index in [0.29, 0.717) is 29.9 Å². The van der Waals surface area contributed by atoms with Crippen LogP contribution in [0.5, 0.6) is 6.01 Å². The molecule has 0 spiro atoms. The fourth-order valence-electron chi connectivity index (χ4n) is 8.52. The lowest BCUT2D eigenvalue weighted by molar-refractivity contribution is -0.137. The van der Waals surface area contributed by atoms with E-state index in [2.05, 4.69) is 20.2 Å². The molecule has 310 valence electrons. The third-order valence-corrected chi connectivity index (χ3v) is 12.2. The van der Waals surface area contributed by atoms with Gasteiger partial charge < -0.3 is 24.0 Å². The van der Waals surface area contributed by atoms with Crippen LogP contribution in [-0.4, -0.2) is 121 Å². The van der Waals surface area contributed by atoms with Gasteiger partial charge in [-0.3, -0.25) is 4.90 Å². The largest absolute Gasteiger partial charge is 0.518 e. The number of rotatable bonds is 7. The number of β-amino-alcohol motifs (C(OH)–C–C–N with tert-alkyl or cyclic N) is 1. The molecule has 0 amide bonds. The smallest absolute Gasteiger partial charge is 0.461 e. The number of anilines is 1. The first-order valence-corrected chi connectivity index (χ1v) is 19.0. The molecular formula is C33H34F9N9O5S. The minimum atomic E-state index is -6.28. The van der Waals surface area contributed by atoms with Crippen molar-refractivity contribution < 1.29 is 62.5 Å². The lowest BCUT2D eigenvalue weighted by Crippen LogP contribution is -2.44. The third-order valence-electron chi connectivity index (χ3n) is 10.8. The minimum absolute atomic E-state index is 0.0335.